The highest BCUT2D eigenvalue weighted by Crippen LogP contribution is 2.26. The number of carbonyl (C=O) groups is 1. The number of nitrogens with one attached hydrogen (secondary N) is 1. The predicted octanol–water partition coefficient (Wildman–Crippen LogP) is 7.23. The molecule has 0 spiro atoms. The van der Waals surface area contributed by atoms with Gasteiger partial charge in [-0.3, -0.25) is 0 Å². The van der Waals surface area contributed by atoms with E-state index in [4.69, 9.17) is 22.1 Å². The van der Waals surface area contributed by atoms with Gasteiger partial charge in [-0.1, -0.05) is 72.3 Å². The first kappa shape index (κ1) is 23.1. The Morgan fingerprint density at radius 2 is 1.50 bits per heavy atom. The van der Waals surface area contributed by atoms with Gasteiger partial charge in [0.15, 0.2) is 0 Å². The SMILES string of the molecule is CCOC(=O)c1cnc(Cl)cc1Nc1ccc2ccccc2c1.Nc1ccc2ccccc2c1. The van der Waals surface area contributed by atoms with Crippen LogP contribution in [0.15, 0.2) is 97.2 Å². The zero-order chi connectivity index (χ0) is 23.9. The van der Waals surface area contributed by atoms with Crippen molar-refractivity contribution in [2.75, 3.05) is 17.7 Å². The van der Waals surface area contributed by atoms with E-state index in [0.717, 1.165) is 22.1 Å². The van der Waals surface area contributed by atoms with Crippen LogP contribution < -0.4 is 11.1 Å². The van der Waals surface area contributed by atoms with Crippen LogP contribution in [0.3, 0.4) is 0 Å². The van der Waals surface area contributed by atoms with Gasteiger partial charge in [0, 0.05) is 17.6 Å². The van der Waals surface area contributed by atoms with Gasteiger partial charge in [-0.05, 0) is 58.8 Å². The van der Waals surface area contributed by atoms with E-state index in [2.05, 4.69) is 22.4 Å². The van der Waals surface area contributed by atoms with Gasteiger partial charge in [0.2, 0.25) is 0 Å². The fourth-order valence-corrected chi connectivity index (χ4v) is 3.69. The maximum Gasteiger partial charge on any atom is 0.341 e. The molecule has 0 bridgehead atoms. The molecule has 4 aromatic carbocycles. The van der Waals surface area contributed by atoms with Crippen molar-refractivity contribution < 1.29 is 9.53 Å². The third-order valence-corrected chi connectivity index (χ3v) is 5.37. The molecule has 6 heteroatoms. The van der Waals surface area contributed by atoms with E-state index in [-0.39, 0.29) is 0 Å². The number of fused-ring (bicyclic) bond motifs is 2. The fraction of sp³-hybridized carbons (Fsp3) is 0.0714. The monoisotopic (exact) mass is 469 g/mol. The van der Waals surface area contributed by atoms with E-state index in [9.17, 15) is 4.79 Å². The fourth-order valence-electron chi connectivity index (χ4n) is 3.54. The van der Waals surface area contributed by atoms with E-state index in [1.807, 2.05) is 72.8 Å². The molecular formula is C28H24ClN3O2. The number of esters is 1. The zero-order valence-corrected chi connectivity index (χ0v) is 19.4. The van der Waals surface area contributed by atoms with Crippen molar-refractivity contribution in [3.05, 3.63) is 108 Å². The summed E-state index contributed by atoms with van der Waals surface area (Å²) in [5, 5.41) is 8.22. The first-order valence-corrected chi connectivity index (χ1v) is 11.2. The van der Waals surface area contributed by atoms with Gasteiger partial charge in [-0.15, -0.1) is 0 Å². The van der Waals surface area contributed by atoms with Crippen LogP contribution in [-0.4, -0.2) is 17.6 Å². The normalized spacial score (nSPS) is 10.4. The van der Waals surface area contributed by atoms with Crippen molar-refractivity contribution >= 4 is 56.2 Å². The molecule has 0 atom stereocenters. The van der Waals surface area contributed by atoms with Gasteiger partial charge in [0.1, 0.15) is 10.7 Å². The first-order chi connectivity index (χ1) is 16.5. The Morgan fingerprint density at radius 3 is 2.18 bits per heavy atom. The summed E-state index contributed by atoms with van der Waals surface area (Å²) in [5.41, 5.74) is 8.22. The third-order valence-electron chi connectivity index (χ3n) is 5.17. The largest absolute Gasteiger partial charge is 0.462 e. The molecule has 0 aliphatic carbocycles. The summed E-state index contributed by atoms with van der Waals surface area (Å²) < 4.78 is 5.05. The molecule has 170 valence electrons. The number of pyridine rings is 1. The molecule has 3 N–H and O–H groups in total. The van der Waals surface area contributed by atoms with E-state index in [1.165, 1.54) is 17.0 Å². The molecule has 0 saturated heterocycles. The van der Waals surface area contributed by atoms with E-state index < -0.39 is 5.97 Å². The molecular weight excluding hydrogens is 446 g/mol. The Hall–Kier alpha value is -4.09. The van der Waals surface area contributed by atoms with Gasteiger partial charge < -0.3 is 15.8 Å². The highest BCUT2D eigenvalue weighted by molar-refractivity contribution is 6.29. The van der Waals surface area contributed by atoms with Crippen molar-refractivity contribution in [3.63, 3.8) is 0 Å². The lowest BCUT2D eigenvalue weighted by atomic mass is 10.1. The zero-order valence-electron chi connectivity index (χ0n) is 18.7. The maximum atomic E-state index is 12.0. The minimum atomic E-state index is -0.431. The van der Waals surface area contributed by atoms with Crippen molar-refractivity contribution in [2.45, 2.75) is 6.92 Å². The number of nitrogen functional groups attached to an aromatic ring is 1. The number of benzene rings is 4. The molecule has 0 unspecified atom stereocenters. The molecule has 0 saturated carbocycles. The molecule has 1 heterocycles. The Labute approximate surface area is 203 Å². The number of hydrogen-bond donors (Lipinski definition) is 2. The summed E-state index contributed by atoms with van der Waals surface area (Å²) in [5.74, 6) is -0.431. The van der Waals surface area contributed by atoms with Crippen LogP contribution in [0.5, 0.6) is 0 Å². The van der Waals surface area contributed by atoms with Crippen LogP contribution in [0.4, 0.5) is 17.1 Å². The molecule has 0 aliphatic rings. The predicted molar refractivity (Wildman–Crippen MR) is 141 cm³/mol. The summed E-state index contributed by atoms with van der Waals surface area (Å²) in [4.78, 5) is 16.0. The summed E-state index contributed by atoms with van der Waals surface area (Å²) in [6, 6.07) is 29.8. The second-order valence-corrected chi connectivity index (χ2v) is 7.95. The standard InChI is InChI=1S/C18H15ClN2O2.C10H9N/c1-2-23-18(22)15-11-20-17(19)10-16(15)21-14-8-7-12-5-3-4-6-13(12)9-14;11-10-6-5-8-3-1-2-4-9(8)7-10/h3-11H,2H2,1H3,(H,20,21);1-7H,11H2. The highest BCUT2D eigenvalue weighted by Gasteiger charge is 2.14. The van der Waals surface area contributed by atoms with Gasteiger partial charge in [-0.25, -0.2) is 9.78 Å². The van der Waals surface area contributed by atoms with Gasteiger partial charge in [-0.2, -0.15) is 0 Å². The number of ether oxygens (including phenoxy) is 1. The molecule has 5 rings (SSSR count). The average molecular weight is 470 g/mol. The Kier molecular flexibility index (Phi) is 7.25. The average Bonchev–Trinajstić information content (AvgIpc) is 2.84. The molecule has 34 heavy (non-hydrogen) atoms. The van der Waals surface area contributed by atoms with Crippen LogP contribution >= 0.6 is 11.6 Å². The number of anilines is 3. The van der Waals surface area contributed by atoms with Gasteiger partial charge in [0.05, 0.1) is 12.3 Å². The number of nitrogens with two attached hydrogens (primary N) is 1. The van der Waals surface area contributed by atoms with Crippen LogP contribution in [0.2, 0.25) is 5.15 Å². The minimum absolute atomic E-state index is 0.302. The maximum absolute atomic E-state index is 12.0. The van der Waals surface area contributed by atoms with Crippen LogP contribution in [0, 0.1) is 0 Å². The number of nitrogens with zero attached hydrogens (tertiary/aromatic N) is 1. The van der Waals surface area contributed by atoms with E-state index >= 15 is 0 Å². The lowest BCUT2D eigenvalue weighted by Crippen LogP contribution is -2.08. The lowest BCUT2D eigenvalue weighted by Gasteiger charge is -2.12. The molecule has 0 radical (unpaired) electrons. The number of aromatic nitrogens is 1. The second kappa shape index (κ2) is 10.7. The summed E-state index contributed by atoms with van der Waals surface area (Å²) in [7, 11) is 0. The summed E-state index contributed by atoms with van der Waals surface area (Å²) in [6.07, 6.45) is 1.42. The third kappa shape index (κ3) is 5.63. The lowest BCUT2D eigenvalue weighted by molar-refractivity contribution is 0.0527. The summed E-state index contributed by atoms with van der Waals surface area (Å²) in [6.45, 7) is 2.06. The Bertz CT molecular complexity index is 1450. The first-order valence-electron chi connectivity index (χ1n) is 10.9. The molecule has 5 aromatic rings. The molecule has 0 fully saturated rings. The highest BCUT2D eigenvalue weighted by atomic mass is 35.5. The number of halogens is 1. The smallest absolute Gasteiger partial charge is 0.341 e. The van der Waals surface area contributed by atoms with E-state index in [1.54, 1.807) is 13.0 Å². The van der Waals surface area contributed by atoms with Crippen LogP contribution in [0.1, 0.15) is 17.3 Å². The molecule has 1 aromatic heterocycles. The Balaban J connectivity index is 0.000000207. The topological polar surface area (TPSA) is 77.2 Å². The number of rotatable bonds is 4. The van der Waals surface area contributed by atoms with E-state index in [0.29, 0.717) is 23.0 Å². The molecule has 0 aliphatic heterocycles. The quantitative estimate of drug-likeness (QED) is 0.165. The molecule has 5 nitrogen and oxygen atoms in total. The van der Waals surface area contributed by atoms with Gasteiger partial charge in [0.25, 0.3) is 0 Å². The second-order valence-electron chi connectivity index (χ2n) is 7.57. The number of carbonyl (C=O) groups excluding carboxylic acids is 1. The van der Waals surface area contributed by atoms with Crippen molar-refractivity contribution in [3.8, 4) is 0 Å². The minimum Gasteiger partial charge on any atom is -0.462 e. The molecule has 0 amide bonds. The van der Waals surface area contributed by atoms with Crippen LogP contribution in [0.25, 0.3) is 21.5 Å². The number of hydrogen-bond acceptors (Lipinski definition) is 5. The van der Waals surface area contributed by atoms with Crippen LogP contribution in [-0.2, 0) is 4.74 Å². The van der Waals surface area contributed by atoms with Crippen molar-refractivity contribution in [1.82, 2.24) is 4.98 Å². The van der Waals surface area contributed by atoms with Gasteiger partial charge >= 0.3 is 5.97 Å². The summed E-state index contributed by atoms with van der Waals surface area (Å²) >= 11 is 5.96. The van der Waals surface area contributed by atoms with Crippen molar-refractivity contribution in [1.29, 1.82) is 0 Å². The Morgan fingerprint density at radius 1 is 0.882 bits per heavy atom. The van der Waals surface area contributed by atoms with Crippen molar-refractivity contribution in [2.24, 2.45) is 0 Å².